The van der Waals surface area contributed by atoms with E-state index in [-0.39, 0.29) is 35.9 Å². The van der Waals surface area contributed by atoms with E-state index >= 15 is 0 Å². The Hall–Kier alpha value is -1.30. The molecule has 0 bridgehead atoms. The van der Waals surface area contributed by atoms with E-state index in [1.165, 1.54) is 0 Å². The lowest BCUT2D eigenvalue weighted by Crippen LogP contribution is -2.44. The van der Waals surface area contributed by atoms with E-state index in [0.717, 1.165) is 51.3 Å². The van der Waals surface area contributed by atoms with Crippen LogP contribution >= 0.6 is 24.0 Å². The number of amides is 2. The van der Waals surface area contributed by atoms with E-state index in [0.29, 0.717) is 13.1 Å². The van der Waals surface area contributed by atoms with Crippen LogP contribution in [0.25, 0.3) is 0 Å². The lowest BCUT2D eigenvalue weighted by molar-refractivity contribution is -0.133. The van der Waals surface area contributed by atoms with Gasteiger partial charge in [0, 0.05) is 47.3 Å². The molecule has 0 spiro atoms. The normalized spacial score (nSPS) is 17.1. The minimum absolute atomic E-state index is 0. The number of ether oxygens (including phenoxy) is 1. The zero-order chi connectivity index (χ0) is 21.9. The number of aliphatic imine (C=N–C) groups is 1. The van der Waals surface area contributed by atoms with Gasteiger partial charge in [0.2, 0.25) is 5.91 Å². The minimum Gasteiger partial charge on any atom is -0.444 e. The summed E-state index contributed by atoms with van der Waals surface area (Å²) in [6.45, 7) is 9.43. The molecule has 0 aromatic carbocycles. The molecule has 0 aromatic heterocycles. The number of carbonyl (C=O) groups excluding carboxylic acids is 2. The fourth-order valence-corrected chi connectivity index (χ4v) is 3.18. The second-order valence-electron chi connectivity index (χ2n) is 8.49. The number of hydrogen-bond donors (Lipinski definition) is 3. The topological polar surface area (TPSA) is 98.3 Å². The van der Waals surface area contributed by atoms with Gasteiger partial charge in [-0.15, -0.1) is 24.0 Å². The standard InChI is InChI=1S/C20H40N6O3.HI/c1-20(2,3)29-19(28)24-12-8-11-22-18(21-4)23-13-9-15-26-14-7-10-16(26)17(27)25(5)6;/h16H,7-15H2,1-6H3,(H,24,28)(H2,21,22,23);1H. The highest BCUT2D eigenvalue weighted by molar-refractivity contribution is 14.0. The predicted octanol–water partition coefficient (Wildman–Crippen LogP) is 1.63. The lowest BCUT2D eigenvalue weighted by atomic mass is 10.2. The fraction of sp³-hybridized carbons (Fsp3) is 0.850. The van der Waals surface area contributed by atoms with E-state index in [9.17, 15) is 9.59 Å². The number of halogens is 1. The first-order valence-electron chi connectivity index (χ1n) is 10.5. The number of likely N-dealkylation sites (tertiary alicyclic amines) is 1. The Labute approximate surface area is 198 Å². The van der Waals surface area contributed by atoms with Crippen LogP contribution in [0.4, 0.5) is 4.79 Å². The second-order valence-corrected chi connectivity index (χ2v) is 8.49. The van der Waals surface area contributed by atoms with Crippen molar-refractivity contribution in [3.05, 3.63) is 0 Å². The molecule has 1 aliphatic rings. The number of likely N-dealkylation sites (N-methyl/N-ethyl adjacent to an activating group) is 1. The number of carbonyl (C=O) groups is 2. The van der Waals surface area contributed by atoms with Crippen LogP contribution in [0, 0.1) is 0 Å². The van der Waals surface area contributed by atoms with Gasteiger partial charge in [-0.25, -0.2) is 4.79 Å². The van der Waals surface area contributed by atoms with Crippen LogP contribution in [0.5, 0.6) is 0 Å². The van der Waals surface area contributed by atoms with Gasteiger partial charge in [-0.1, -0.05) is 0 Å². The Bertz CT molecular complexity index is 551. The van der Waals surface area contributed by atoms with E-state index in [2.05, 4.69) is 25.8 Å². The molecule has 9 nitrogen and oxygen atoms in total. The lowest BCUT2D eigenvalue weighted by Gasteiger charge is -2.26. The van der Waals surface area contributed by atoms with Gasteiger partial charge in [-0.3, -0.25) is 14.7 Å². The number of alkyl carbamates (subject to hydrolysis) is 1. The van der Waals surface area contributed by atoms with Crippen LogP contribution in [0.1, 0.15) is 46.5 Å². The molecule has 0 radical (unpaired) electrons. The Balaban J connectivity index is 0.00000841. The van der Waals surface area contributed by atoms with Crippen molar-refractivity contribution in [1.82, 2.24) is 25.8 Å². The first kappa shape index (κ1) is 28.7. The van der Waals surface area contributed by atoms with E-state index in [1.54, 1.807) is 11.9 Å². The maximum absolute atomic E-state index is 12.2. The third-order valence-electron chi connectivity index (χ3n) is 4.54. The predicted molar refractivity (Wildman–Crippen MR) is 132 cm³/mol. The quantitative estimate of drug-likeness (QED) is 0.178. The highest BCUT2D eigenvalue weighted by Crippen LogP contribution is 2.18. The van der Waals surface area contributed by atoms with Crippen molar-refractivity contribution in [2.45, 2.75) is 58.1 Å². The summed E-state index contributed by atoms with van der Waals surface area (Å²) < 4.78 is 5.20. The van der Waals surface area contributed by atoms with Crippen LogP contribution in [-0.2, 0) is 9.53 Å². The molecule has 1 unspecified atom stereocenters. The van der Waals surface area contributed by atoms with Crippen molar-refractivity contribution < 1.29 is 14.3 Å². The molecule has 176 valence electrons. The number of nitrogens with zero attached hydrogens (tertiary/aromatic N) is 3. The van der Waals surface area contributed by atoms with Crippen molar-refractivity contribution in [3.8, 4) is 0 Å². The Morgan fingerprint density at radius 3 is 2.27 bits per heavy atom. The molecule has 1 saturated heterocycles. The van der Waals surface area contributed by atoms with Gasteiger partial charge in [-0.2, -0.15) is 0 Å². The van der Waals surface area contributed by atoms with Crippen molar-refractivity contribution in [2.24, 2.45) is 4.99 Å². The summed E-state index contributed by atoms with van der Waals surface area (Å²) in [4.78, 5) is 32.0. The summed E-state index contributed by atoms with van der Waals surface area (Å²) in [6, 6.07) is 0.0277. The molecule has 1 fully saturated rings. The number of hydrogen-bond acceptors (Lipinski definition) is 5. The van der Waals surface area contributed by atoms with Crippen LogP contribution in [-0.4, -0.2) is 93.3 Å². The average Bonchev–Trinajstić information content (AvgIpc) is 3.09. The van der Waals surface area contributed by atoms with Gasteiger partial charge in [0.15, 0.2) is 5.96 Å². The highest BCUT2D eigenvalue weighted by atomic mass is 127. The van der Waals surface area contributed by atoms with Crippen molar-refractivity contribution in [3.63, 3.8) is 0 Å². The van der Waals surface area contributed by atoms with Crippen LogP contribution in [0.3, 0.4) is 0 Å². The molecule has 0 aromatic rings. The third-order valence-corrected chi connectivity index (χ3v) is 4.54. The van der Waals surface area contributed by atoms with E-state index < -0.39 is 11.7 Å². The molecular formula is C20H41IN6O3. The Morgan fingerprint density at radius 2 is 1.70 bits per heavy atom. The van der Waals surface area contributed by atoms with E-state index in [4.69, 9.17) is 4.74 Å². The Kier molecular flexibility index (Phi) is 14.0. The van der Waals surface area contributed by atoms with Gasteiger partial charge in [0.1, 0.15) is 5.60 Å². The maximum Gasteiger partial charge on any atom is 0.407 e. The monoisotopic (exact) mass is 540 g/mol. The molecule has 1 aliphatic heterocycles. The molecule has 1 atom stereocenters. The molecule has 0 aliphatic carbocycles. The summed E-state index contributed by atoms with van der Waals surface area (Å²) in [5.74, 6) is 0.942. The molecule has 0 saturated carbocycles. The zero-order valence-corrected chi connectivity index (χ0v) is 21.7. The average molecular weight is 540 g/mol. The number of guanidine groups is 1. The molecule has 2 amide bonds. The first-order chi connectivity index (χ1) is 13.6. The zero-order valence-electron chi connectivity index (χ0n) is 19.4. The summed E-state index contributed by atoms with van der Waals surface area (Å²) in [5, 5.41) is 9.27. The first-order valence-corrected chi connectivity index (χ1v) is 10.5. The molecule has 10 heteroatoms. The second kappa shape index (κ2) is 14.7. The highest BCUT2D eigenvalue weighted by Gasteiger charge is 2.30. The number of rotatable bonds is 9. The van der Waals surface area contributed by atoms with Crippen LogP contribution in [0.15, 0.2) is 4.99 Å². The summed E-state index contributed by atoms with van der Waals surface area (Å²) in [5.41, 5.74) is -0.483. The van der Waals surface area contributed by atoms with Gasteiger partial charge >= 0.3 is 6.09 Å². The largest absolute Gasteiger partial charge is 0.444 e. The smallest absolute Gasteiger partial charge is 0.407 e. The molecule has 30 heavy (non-hydrogen) atoms. The number of nitrogens with one attached hydrogen (secondary N) is 3. The molecule has 1 rings (SSSR count). The van der Waals surface area contributed by atoms with Crippen molar-refractivity contribution >= 4 is 41.9 Å². The summed E-state index contributed by atoms with van der Waals surface area (Å²) in [6.07, 6.45) is 3.34. The third kappa shape index (κ3) is 11.8. The van der Waals surface area contributed by atoms with Crippen molar-refractivity contribution in [1.29, 1.82) is 0 Å². The minimum atomic E-state index is -0.483. The summed E-state index contributed by atoms with van der Waals surface area (Å²) in [7, 11) is 5.37. The van der Waals surface area contributed by atoms with Crippen LogP contribution < -0.4 is 16.0 Å². The Morgan fingerprint density at radius 1 is 1.10 bits per heavy atom. The summed E-state index contributed by atoms with van der Waals surface area (Å²) >= 11 is 0. The molecule has 1 heterocycles. The fourth-order valence-electron chi connectivity index (χ4n) is 3.18. The van der Waals surface area contributed by atoms with Gasteiger partial charge < -0.3 is 25.6 Å². The van der Waals surface area contributed by atoms with E-state index in [1.807, 2.05) is 34.9 Å². The van der Waals surface area contributed by atoms with Gasteiger partial charge in [-0.05, 0) is 53.0 Å². The van der Waals surface area contributed by atoms with Gasteiger partial charge in [0.25, 0.3) is 0 Å². The van der Waals surface area contributed by atoms with Crippen molar-refractivity contribution in [2.75, 3.05) is 53.9 Å². The van der Waals surface area contributed by atoms with Gasteiger partial charge in [0.05, 0.1) is 6.04 Å². The SMILES string of the molecule is CN=C(NCCCNC(=O)OC(C)(C)C)NCCCN1CCCC1C(=O)N(C)C.I. The maximum atomic E-state index is 12.2. The van der Waals surface area contributed by atoms with Crippen LogP contribution in [0.2, 0.25) is 0 Å². The molecular weight excluding hydrogens is 499 g/mol. The molecule has 3 N–H and O–H groups in total.